The molecule has 0 spiro atoms. The van der Waals surface area contributed by atoms with Gasteiger partial charge in [0.2, 0.25) is 0 Å². The topological polar surface area (TPSA) is 89.6 Å². The number of hydrogen-bond donors (Lipinski definition) is 2. The number of carbonyl (C=O) groups is 2. The lowest BCUT2D eigenvalue weighted by molar-refractivity contribution is -0.166. The molecule has 2 atom stereocenters. The van der Waals surface area contributed by atoms with Gasteiger partial charge in [-0.3, -0.25) is 0 Å². The highest BCUT2D eigenvalue weighted by Crippen LogP contribution is 2.17. The van der Waals surface area contributed by atoms with Gasteiger partial charge in [0.05, 0.1) is 0 Å². The molecule has 1 aromatic rings. The summed E-state index contributed by atoms with van der Waals surface area (Å²) in [5, 5.41) is 10.1. The minimum absolute atomic E-state index is 0.289. The molecule has 0 aromatic heterocycles. The number of benzene rings is 1. The van der Waals surface area contributed by atoms with E-state index in [4.69, 9.17) is 17.3 Å². The van der Waals surface area contributed by atoms with Crippen LogP contribution in [0.2, 0.25) is 5.02 Å². The lowest BCUT2D eigenvalue weighted by atomic mass is 10.1. The summed E-state index contributed by atoms with van der Waals surface area (Å²) in [6, 6.07) is 5.04. The first-order valence-corrected chi connectivity index (χ1v) is 5.24. The standard InChI is InChI=1S/C11H12ClNO4/c1-6(13)10(15)17-11(16)9(14)7-2-4-8(12)5-3-7/h2-6,9,14H,13H2,1H3/t6-,9-/m0/s1. The van der Waals surface area contributed by atoms with Gasteiger partial charge in [0.25, 0.3) is 0 Å². The van der Waals surface area contributed by atoms with Crippen molar-refractivity contribution >= 4 is 23.5 Å². The van der Waals surface area contributed by atoms with E-state index in [1.54, 1.807) is 0 Å². The molecule has 0 bridgehead atoms. The molecule has 1 aromatic carbocycles. The molecule has 0 fully saturated rings. The van der Waals surface area contributed by atoms with Crippen molar-refractivity contribution < 1.29 is 19.4 Å². The summed E-state index contributed by atoms with van der Waals surface area (Å²) in [6.07, 6.45) is -1.53. The molecule has 0 saturated carbocycles. The second kappa shape index (κ2) is 5.77. The Bertz CT molecular complexity index is 416. The van der Waals surface area contributed by atoms with Crippen LogP contribution in [-0.4, -0.2) is 23.1 Å². The van der Waals surface area contributed by atoms with Crippen LogP contribution in [0.1, 0.15) is 18.6 Å². The normalized spacial score (nSPS) is 13.9. The SMILES string of the molecule is C[C@H](N)C(=O)OC(=O)[C@@H](O)c1ccc(Cl)cc1. The van der Waals surface area contributed by atoms with Crippen LogP contribution in [0.3, 0.4) is 0 Å². The number of carbonyl (C=O) groups excluding carboxylic acids is 2. The van der Waals surface area contributed by atoms with Crippen LogP contribution in [0.15, 0.2) is 24.3 Å². The van der Waals surface area contributed by atoms with Gasteiger partial charge in [0.1, 0.15) is 6.04 Å². The number of ether oxygens (including phenoxy) is 1. The monoisotopic (exact) mass is 257 g/mol. The lowest BCUT2D eigenvalue weighted by Gasteiger charge is -2.10. The van der Waals surface area contributed by atoms with Crippen LogP contribution in [0.4, 0.5) is 0 Å². The maximum absolute atomic E-state index is 11.4. The highest BCUT2D eigenvalue weighted by atomic mass is 35.5. The van der Waals surface area contributed by atoms with Gasteiger partial charge in [-0.15, -0.1) is 0 Å². The van der Waals surface area contributed by atoms with Gasteiger partial charge >= 0.3 is 11.9 Å². The summed E-state index contributed by atoms with van der Waals surface area (Å²) in [5.74, 6) is -1.95. The molecule has 0 amide bonds. The van der Waals surface area contributed by atoms with Gasteiger partial charge in [-0.05, 0) is 24.6 Å². The second-order valence-corrected chi connectivity index (χ2v) is 3.92. The molecular formula is C11H12ClNO4. The van der Waals surface area contributed by atoms with E-state index in [0.29, 0.717) is 5.02 Å². The fourth-order valence-electron chi connectivity index (χ4n) is 1.03. The van der Waals surface area contributed by atoms with E-state index in [1.165, 1.54) is 31.2 Å². The quantitative estimate of drug-likeness (QED) is 0.617. The zero-order valence-corrected chi connectivity index (χ0v) is 9.85. The third-order valence-corrected chi connectivity index (χ3v) is 2.23. The van der Waals surface area contributed by atoms with Crippen molar-refractivity contribution in [2.75, 3.05) is 0 Å². The summed E-state index contributed by atoms with van der Waals surface area (Å²) in [4.78, 5) is 22.4. The highest BCUT2D eigenvalue weighted by molar-refractivity contribution is 6.30. The fourth-order valence-corrected chi connectivity index (χ4v) is 1.16. The number of aliphatic hydroxyl groups is 1. The Morgan fingerprint density at radius 1 is 1.29 bits per heavy atom. The van der Waals surface area contributed by atoms with E-state index < -0.39 is 24.1 Å². The predicted molar refractivity (Wildman–Crippen MR) is 61.2 cm³/mol. The molecule has 17 heavy (non-hydrogen) atoms. The van der Waals surface area contributed by atoms with Gasteiger partial charge in [-0.25, -0.2) is 9.59 Å². The number of esters is 2. The van der Waals surface area contributed by atoms with Crippen LogP contribution in [0.25, 0.3) is 0 Å². The Kier molecular flexibility index (Phi) is 4.62. The number of halogens is 1. The Labute approximate surface area is 103 Å². The molecule has 6 heteroatoms. The summed E-state index contributed by atoms with van der Waals surface area (Å²) >= 11 is 5.65. The largest absolute Gasteiger partial charge is 0.390 e. The first kappa shape index (κ1) is 13.6. The third kappa shape index (κ3) is 3.81. The summed E-state index contributed by atoms with van der Waals surface area (Å²) in [6.45, 7) is 1.38. The Hall–Kier alpha value is -1.43. The van der Waals surface area contributed by atoms with Crippen LogP contribution in [0, 0.1) is 0 Å². The van der Waals surface area contributed by atoms with Crippen molar-refractivity contribution in [2.24, 2.45) is 5.73 Å². The van der Waals surface area contributed by atoms with E-state index in [2.05, 4.69) is 4.74 Å². The lowest BCUT2D eigenvalue weighted by Crippen LogP contribution is -2.32. The summed E-state index contributed by atoms with van der Waals surface area (Å²) < 4.78 is 4.37. The summed E-state index contributed by atoms with van der Waals surface area (Å²) in [7, 11) is 0. The van der Waals surface area contributed by atoms with Crippen molar-refractivity contribution in [2.45, 2.75) is 19.1 Å². The second-order valence-electron chi connectivity index (χ2n) is 3.48. The Morgan fingerprint density at radius 2 is 1.82 bits per heavy atom. The minimum atomic E-state index is -1.53. The molecule has 0 aliphatic heterocycles. The van der Waals surface area contributed by atoms with Gasteiger partial charge in [0.15, 0.2) is 6.10 Å². The van der Waals surface area contributed by atoms with Crippen LogP contribution >= 0.6 is 11.6 Å². The molecule has 92 valence electrons. The molecule has 5 nitrogen and oxygen atoms in total. The molecule has 0 aliphatic carbocycles. The predicted octanol–water partition coefficient (Wildman–Crippen LogP) is 0.790. The highest BCUT2D eigenvalue weighted by Gasteiger charge is 2.23. The first-order valence-electron chi connectivity index (χ1n) is 4.86. The van der Waals surface area contributed by atoms with Crippen molar-refractivity contribution in [3.63, 3.8) is 0 Å². The number of hydrogen-bond acceptors (Lipinski definition) is 5. The zero-order valence-electron chi connectivity index (χ0n) is 9.09. The third-order valence-electron chi connectivity index (χ3n) is 1.98. The number of nitrogens with two attached hydrogens (primary N) is 1. The molecule has 0 aliphatic rings. The van der Waals surface area contributed by atoms with Crippen LogP contribution in [-0.2, 0) is 14.3 Å². The van der Waals surface area contributed by atoms with Gasteiger partial charge in [-0.1, -0.05) is 23.7 Å². The van der Waals surface area contributed by atoms with Crippen molar-refractivity contribution in [1.82, 2.24) is 0 Å². The van der Waals surface area contributed by atoms with Gasteiger partial charge in [-0.2, -0.15) is 0 Å². The van der Waals surface area contributed by atoms with Crippen LogP contribution < -0.4 is 5.73 Å². The van der Waals surface area contributed by atoms with E-state index >= 15 is 0 Å². The fraction of sp³-hybridized carbons (Fsp3) is 0.273. The average Bonchev–Trinajstić information content (AvgIpc) is 2.28. The van der Waals surface area contributed by atoms with Gasteiger partial charge in [0, 0.05) is 5.02 Å². The number of aliphatic hydroxyl groups excluding tert-OH is 1. The maximum Gasteiger partial charge on any atom is 0.347 e. The molecule has 1 rings (SSSR count). The van der Waals surface area contributed by atoms with Crippen molar-refractivity contribution in [3.05, 3.63) is 34.9 Å². The molecule has 0 heterocycles. The smallest absolute Gasteiger partial charge is 0.347 e. The number of rotatable bonds is 3. The molecule has 0 radical (unpaired) electrons. The minimum Gasteiger partial charge on any atom is -0.390 e. The summed E-state index contributed by atoms with van der Waals surface area (Å²) in [5.41, 5.74) is 5.51. The van der Waals surface area contributed by atoms with E-state index in [1.807, 2.05) is 0 Å². The molecule has 0 saturated heterocycles. The van der Waals surface area contributed by atoms with Crippen molar-refractivity contribution in [3.8, 4) is 0 Å². The Balaban J connectivity index is 2.70. The molecule has 3 N–H and O–H groups in total. The van der Waals surface area contributed by atoms with E-state index in [0.717, 1.165) is 0 Å². The van der Waals surface area contributed by atoms with E-state index in [-0.39, 0.29) is 5.56 Å². The van der Waals surface area contributed by atoms with Gasteiger partial charge < -0.3 is 15.6 Å². The van der Waals surface area contributed by atoms with E-state index in [9.17, 15) is 14.7 Å². The average molecular weight is 258 g/mol. The first-order chi connectivity index (χ1) is 7.91. The molecular weight excluding hydrogens is 246 g/mol. The Morgan fingerprint density at radius 3 is 2.29 bits per heavy atom. The maximum atomic E-state index is 11.4. The molecule has 0 unspecified atom stereocenters. The van der Waals surface area contributed by atoms with Crippen LogP contribution in [0.5, 0.6) is 0 Å². The zero-order chi connectivity index (χ0) is 13.0. The van der Waals surface area contributed by atoms with Crippen molar-refractivity contribution in [1.29, 1.82) is 0 Å².